The molecule has 3 N–H and O–H groups in total. The number of ether oxygens (including phenoxy) is 1. The number of hydrogen-bond donors (Lipinski definition) is 2. The molecule has 0 aliphatic heterocycles. The van der Waals surface area contributed by atoms with Crippen molar-refractivity contribution in [1.29, 1.82) is 0 Å². The molecule has 0 saturated heterocycles. The molecule has 1 aliphatic carbocycles. The van der Waals surface area contributed by atoms with E-state index in [0.29, 0.717) is 5.56 Å². The number of phenols is 1. The number of halogens is 1. The van der Waals surface area contributed by atoms with Crippen LogP contribution in [0.1, 0.15) is 24.8 Å². The van der Waals surface area contributed by atoms with E-state index in [1.165, 1.54) is 7.11 Å². The Balaban J connectivity index is 2.46. The van der Waals surface area contributed by atoms with E-state index in [-0.39, 0.29) is 5.75 Å². The Morgan fingerprint density at radius 2 is 2.13 bits per heavy atom. The standard InChI is InChI=1S/C11H14FNO2/c1-15-8-4-3-7(9(12)10(8)14)11(13)5-2-6-11/h3-4,14H,2,5-6,13H2,1H3. The first kappa shape index (κ1) is 10.2. The summed E-state index contributed by atoms with van der Waals surface area (Å²) in [6, 6.07) is 3.13. The van der Waals surface area contributed by atoms with Crippen LogP contribution in [-0.2, 0) is 5.54 Å². The lowest BCUT2D eigenvalue weighted by molar-refractivity contribution is 0.241. The highest BCUT2D eigenvalue weighted by molar-refractivity contribution is 5.46. The number of rotatable bonds is 2. The molecule has 82 valence electrons. The molecule has 0 bridgehead atoms. The molecule has 0 heterocycles. The lowest BCUT2D eigenvalue weighted by Gasteiger charge is -2.38. The number of hydrogen-bond acceptors (Lipinski definition) is 3. The third-order valence-electron chi connectivity index (χ3n) is 3.08. The minimum absolute atomic E-state index is 0.138. The van der Waals surface area contributed by atoms with Crippen LogP contribution < -0.4 is 10.5 Å². The van der Waals surface area contributed by atoms with Gasteiger partial charge in [-0.25, -0.2) is 4.39 Å². The summed E-state index contributed by atoms with van der Waals surface area (Å²) >= 11 is 0. The van der Waals surface area contributed by atoms with Gasteiger partial charge >= 0.3 is 0 Å². The van der Waals surface area contributed by atoms with Crippen LogP contribution in [0.5, 0.6) is 11.5 Å². The summed E-state index contributed by atoms with van der Waals surface area (Å²) in [6.07, 6.45) is 2.52. The Kier molecular flexibility index (Phi) is 2.31. The van der Waals surface area contributed by atoms with Crippen LogP contribution >= 0.6 is 0 Å². The molecule has 1 aromatic carbocycles. The van der Waals surface area contributed by atoms with Crippen molar-refractivity contribution in [2.75, 3.05) is 7.11 Å². The van der Waals surface area contributed by atoms with Crippen molar-refractivity contribution in [1.82, 2.24) is 0 Å². The fourth-order valence-corrected chi connectivity index (χ4v) is 1.92. The molecule has 1 aromatic rings. The van der Waals surface area contributed by atoms with E-state index in [9.17, 15) is 9.50 Å². The molecule has 0 aromatic heterocycles. The zero-order valence-corrected chi connectivity index (χ0v) is 8.59. The zero-order chi connectivity index (χ0) is 11.1. The van der Waals surface area contributed by atoms with E-state index in [1.807, 2.05) is 0 Å². The van der Waals surface area contributed by atoms with Gasteiger partial charge in [0.1, 0.15) is 0 Å². The number of methoxy groups -OCH3 is 1. The van der Waals surface area contributed by atoms with Gasteiger partial charge in [-0.3, -0.25) is 0 Å². The summed E-state index contributed by atoms with van der Waals surface area (Å²) in [6.45, 7) is 0. The third-order valence-corrected chi connectivity index (χ3v) is 3.08. The number of benzene rings is 1. The predicted octanol–water partition coefficient (Wildman–Crippen LogP) is 1.88. The molecule has 0 spiro atoms. The van der Waals surface area contributed by atoms with Crippen LogP contribution in [0.25, 0.3) is 0 Å². The van der Waals surface area contributed by atoms with Gasteiger partial charge in [0.25, 0.3) is 0 Å². The first-order valence-electron chi connectivity index (χ1n) is 4.93. The lowest BCUT2D eigenvalue weighted by Crippen LogP contribution is -2.44. The average molecular weight is 211 g/mol. The van der Waals surface area contributed by atoms with Crippen molar-refractivity contribution in [3.63, 3.8) is 0 Å². The van der Waals surface area contributed by atoms with Gasteiger partial charge in [0, 0.05) is 11.1 Å². The van der Waals surface area contributed by atoms with Crippen LogP contribution in [0.15, 0.2) is 12.1 Å². The van der Waals surface area contributed by atoms with E-state index in [1.54, 1.807) is 12.1 Å². The van der Waals surface area contributed by atoms with Crippen molar-refractivity contribution in [3.8, 4) is 11.5 Å². The molecular formula is C11H14FNO2. The lowest BCUT2D eigenvalue weighted by atomic mass is 9.72. The van der Waals surface area contributed by atoms with E-state index >= 15 is 0 Å². The maximum atomic E-state index is 13.8. The minimum Gasteiger partial charge on any atom is -0.502 e. The Morgan fingerprint density at radius 1 is 1.47 bits per heavy atom. The highest BCUT2D eigenvalue weighted by atomic mass is 19.1. The second kappa shape index (κ2) is 3.38. The van der Waals surface area contributed by atoms with Gasteiger partial charge in [-0.05, 0) is 25.3 Å². The Labute approximate surface area is 87.7 Å². The number of phenolic OH excluding ortho intramolecular Hbond substituents is 1. The summed E-state index contributed by atoms with van der Waals surface area (Å²) in [5.74, 6) is -0.970. The van der Waals surface area contributed by atoms with Crippen molar-refractivity contribution < 1.29 is 14.2 Å². The Hall–Kier alpha value is -1.29. The van der Waals surface area contributed by atoms with E-state index in [0.717, 1.165) is 19.3 Å². The summed E-state index contributed by atoms with van der Waals surface area (Å²) in [5, 5.41) is 9.51. The zero-order valence-electron chi connectivity index (χ0n) is 8.59. The first-order chi connectivity index (χ1) is 7.08. The first-order valence-corrected chi connectivity index (χ1v) is 4.93. The van der Waals surface area contributed by atoms with Gasteiger partial charge in [-0.1, -0.05) is 6.07 Å². The van der Waals surface area contributed by atoms with Crippen LogP contribution in [0.2, 0.25) is 0 Å². The molecule has 1 fully saturated rings. The van der Waals surface area contributed by atoms with Gasteiger partial charge in [-0.15, -0.1) is 0 Å². The summed E-state index contributed by atoms with van der Waals surface area (Å²) < 4.78 is 18.6. The average Bonchev–Trinajstić information content (AvgIpc) is 2.19. The summed E-state index contributed by atoms with van der Waals surface area (Å²) in [7, 11) is 1.38. The molecule has 1 aliphatic rings. The maximum absolute atomic E-state index is 13.8. The van der Waals surface area contributed by atoms with Crippen molar-refractivity contribution in [2.45, 2.75) is 24.8 Å². The van der Waals surface area contributed by atoms with Gasteiger partial charge in [0.05, 0.1) is 7.11 Å². The van der Waals surface area contributed by atoms with Crippen molar-refractivity contribution in [3.05, 3.63) is 23.5 Å². The van der Waals surface area contributed by atoms with Gasteiger partial charge in [0.2, 0.25) is 0 Å². The van der Waals surface area contributed by atoms with Crippen LogP contribution in [0, 0.1) is 5.82 Å². The monoisotopic (exact) mass is 211 g/mol. The highest BCUT2D eigenvalue weighted by Gasteiger charge is 2.37. The fraction of sp³-hybridized carbons (Fsp3) is 0.455. The minimum atomic E-state index is -0.656. The molecule has 4 heteroatoms. The summed E-state index contributed by atoms with van der Waals surface area (Å²) in [5.41, 5.74) is 5.77. The van der Waals surface area contributed by atoms with Crippen LogP contribution in [0.3, 0.4) is 0 Å². The molecule has 15 heavy (non-hydrogen) atoms. The van der Waals surface area contributed by atoms with E-state index < -0.39 is 17.1 Å². The quantitative estimate of drug-likeness (QED) is 0.785. The summed E-state index contributed by atoms with van der Waals surface area (Å²) in [4.78, 5) is 0. The van der Waals surface area contributed by atoms with Crippen LogP contribution in [-0.4, -0.2) is 12.2 Å². The molecule has 0 amide bonds. The molecule has 0 radical (unpaired) electrons. The van der Waals surface area contributed by atoms with Gasteiger partial charge < -0.3 is 15.6 Å². The normalized spacial score (nSPS) is 18.3. The topological polar surface area (TPSA) is 55.5 Å². The smallest absolute Gasteiger partial charge is 0.194 e. The van der Waals surface area contributed by atoms with Crippen LogP contribution in [0.4, 0.5) is 4.39 Å². The SMILES string of the molecule is COc1ccc(C2(N)CCC2)c(F)c1O. The third kappa shape index (κ3) is 1.45. The van der Waals surface area contributed by atoms with E-state index in [4.69, 9.17) is 10.5 Å². The number of nitrogens with two attached hydrogens (primary N) is 1. The largest absolute Gasteiger partial charge is 0.502 e. The predicted molar refractivity (Wildman–Crippen MR) is 54.3 cm³/mol. The van der Waals surface area contributed by atoms with Crippen molar-refractivity contribution in [2.24, 2.45) is 5.73 Å². The molecule has 0 atom stereocenters. The Morgan fingerprint density at radius 3 is 2.60 bits per heavy atom. The Bertz CT molecular complexity index is 388. The molecular weight excluding hydrogens is 197 g/mol. The maximum Gasteiger partial charge on any atom is 0.194 e. The molecule has 0 unspecified atom stereocenters. The van der Waals surface area contributed by atoms with Gasteiger partial charge in [0.15, 0.2) is 17.3 Å². The van der Waals surface area contributed by atoms with Gasteiger partial charge in [-0.2, -0.15) is 0 Å². The second-order valence-electron chi connectivity index (χ2n) is 3.99. The number of aromatic hydroxyl groups is 1. The molecule has 2 rings (SSSR count). The molecule has 1 saturated carbocycles. The van der Waals surface area contributed by atoms with Crippen molar-refractivity contribution >= 4 is 0 Å². The highest BCUT2D eigenvalue weighted by Crippen LogP contribution is 2.43. The molecule has 3 nitrogen and oxygen atoms in total. The fourth-order valence-electron chi connectivity index (χ4n) is 1.92. The van der Waals surface area contributed by atoms with E-state index in [2.05, 4.69) is 0 Å². The second-order valence-corrected chi connectivity index (χ2v) is 3.99.